The molecule has 0 aromatic carbocycles. The van der Waals surface area contributed by atoms with Crippen molar-refractivity contribution in [2.24, 2.45) is 30.9 Å². The molecule has 0 spiro atoms. The van der Waals surface area contributed by atoms with Crippen molar-refractivity contribution in [1.29, 1.82) is 0 Å². The van der Waals surface area contributed by atoms with Gasteiger partial charge in [-0.25, -0.2) is 9.79 Å². The largest absolute Gasteiger partial charge is 0.393 e. The standard InChI is InChI=1S/C18H30N4O2S2/c1-12-7-10-24-9-5-6-14(12)8-11-26-13(2)20-16-15(19)17(25)22(4)18(23)21(16)3/h12,14H,5-11,19H2,1-4H3. The van der Waals surface area contributed by atoms with Crippen molar-refractivity contribution in [3.8, 4) is 0 Å². The Morgan fingerprint density at radius 3 is 2.81 bits per heavy atom. The first-order valence-corrected chi connectivity index (χ1v) is 10.5. The van der Waals surface area contributed by atoms with E-state index in [4.69, 9.17) is 22.7 Å². The summed E-state index contributed by atoms with van der Waals surface area (Å²) < 4.78 is 8.72. The van der Waals surface area contributed by atoms with Gasteiger partial charge in [0.05, 0.1) is 5.04 Å². The molecule has 0 amide bonds. The van der Waals surface area contributed by atoms with E-state index in [2.05, 4.69) is 11.9 Å². The summed E-state index contributed by atoms with van der Waals surface area (Å²) in [5.41, 5.74) is 6.24. The Morgan fingerprint density at radius 2 is 2.08 bits per heavy atom. The smallest absolute Gasteiger partial charge is 0.330 e. The van der Waals surface area contributed by atoms with Crippen molar-refractivity contribution in [2.45, 2.75) is 39.5 Å². The fourth-order valence-corrected chi connectivity index (χ4v) is 4.34. The third-order valence-electron chi connectivity index (χ3n) is 5.12. The van der Waals surface area contributed by atoms with Gasteiger partial charge in [0.1, 0.15) is 10.3 Å². The highest BCUT2D eigenvalue weighted by Gasteiger charge is 2.19. The molecular weight excluding hydrogens is 368 g/mol. The third-order valence-corrected chi connectivity index (χ3v) is 6.56. The van der Waals surface area contributed by atoms with Gasteiger partial charge in [0, 0.05) is 27.3 Å². The van der Waals surface area contributed by atoms with E-state index in [1.807, 2.05) is 6.92 Å². The third kappa shape index (κ3) is 5.20. The van der Waals surface area contributed by atoms with Gasteiger partial charge in [-0.1, -0.05) is 19.1 Å². The van der Waals surface area contributed by atoms with Gasteiger partial charge in [-0.2, -0.15) is 0 Å². The maximum Gasteiger partial charge on any atom is 0.330 e. The zero-order valence-corrected chi connectivity index (χ0v) is 17.8. The Hall–Kier alpha value is -1.12. The summed E-state index contributed by atoms with van der Waals surface area (Å²) in [6.45, 7) is 6.06. The predicted molar refractivity (Wildman–Crippen MR) is 113 cm³/mol. The van der Waals surface area contributed by atoms with Crippen LogP contribution in [0.15, 0.2) is 9.79 Å². The molecule has 8 heteroatoms. The molecule has 2 N–H and O–H groups in total. The van der Waals surface area contributed by atoms with Crippen LogP contribution in [0.3, 0.4) is 0 Å². The van der Waals surface area contributed by atoms with Crippen LogP contribution in [0.2, 0.25) is 0 Å². The van der Waals surface area contributed by atoms with Crippen molar-refractivity contribution in [3.05, 3.63) is 15.1 Å². The highest BCUT2D eigenvalue weighted by atomic mass is 32.2. The summed E-state index contributed by atoms with van der Waals surface area (Å²) in [6.07, 6.45) is 4.69. The van der Waals surface area contributed by atoms with Crippen LogP contribution in [0.5, 0.6) is 0 Å². The number of nitrogens with two attached hydrogens (primary N) is 1. The van der Waals surface area contributed by atoms with Crippen LogP contribution in [-0.4, -0.2) is 33.1 Å². The summed E-state index contributed by atoms with van der Waals surface area (Å²) in [6, 6.07) is 0. The van der Waals surface area contributed by atoms with Crippen LogP contribution in [0, 0.1) is 16.5 Å². The average molecular weight is 399 g/mol. The van der Waals surface area contributed by atoms with E-state index in [0.29, 0.717) is 22.1 Å². The summed E-state index contributed by atoms with van der Waals surface area (Å²) >= 11 is 6.95. The molecule has 1 aromatic rings. The SMILES string of the molecule is CC(=Nc1c(N)c(=S)n(C)c(=O)n1C)SCCC1CCCOCCC1C. The molecule has 0 saturated carbocycles. The van der Waals surface area contributed by atoms with Crippen LogP contribution < -0.4 is 11.4 Å². The molecule has 1 aromatic heterocycles. The quantitative estimate of drug-likeness (QED) is 0.476. The number of aromatic nitrogens is 2. The number of thioether (sulfide) groups is 1. The Labute approximate surface area is 164 Å². The highest BCUT2D eigenvalue weighted by Crippen LogP contribution is 2.28. The van der Waals surface area contributed by atoms with Gasteiger partial charge in [-0.3, -0.25) is 9.13 Å². The lowest BCUT2D eigenvalue weighted by Gasteiger charge is -2.26. The second-order valence-electron chi connectivity index (χ2n) is 6.99. The number of hydrogen-bond donors (Lipinski definition) is 1. The summed E-state index contributed by atoms with van der Waals surface area (Å²) in [7, 11) is 3.29. The molecule has 2 rings (SSSR count). The minimum Gasteiger partial charge on any atom is -0.393 e. The number of rotatable bonds is 4. The lowest BCUT2D eigenvalue weighted by Crippen LogP contribution is -2.28. The Balaban J connectivity index is 2.03. The summed E-state index contributed by atoms with van der Waals surface area (Å²) in [5.74, 6) is 2.89. The Bertz CT molecular complexity index is 732. The maximum absolute atomic E-state index is 12.2. The van der Waals surface area contributed by atoms with Gasteiger partial charge in [-0.15, -0.1) is 11.8 Å². The number of ether oxygens (including phenoxy) is 1. The minimum atomic E-state index is -0.216. The monoisotopic (exact) mass is 398 g/mol. The van der Waals surface area contributed by atoms with Gasteiger partial charge in [0.25, 0.3) is 0 Å². The van der Waals surface area contributed by atoms with Crippen molar-refractivity contribution in [2.75, 3.05) is 24.7 Å². The average Bonchev–Trinajstić information content (AvgIpc) is 2.61. The van der Waals surface area contributed by atoms with Crippen molar-refractivity contribution in [3.63, 3.8) is 0 Å². The van der Waals surface area contributed by atoms with Crippen molar-refractivity contribution in [1.82, 2.24) is 9.13 Å². The maximum atomic E-state index is 12.2. The molecule has 1 saturated heterocycles. The molecule has 1 aliphatic rings. The van der Waals surface area contributed by atoms with E-state index >= 15 is 0 Å². The summed E-state index contributed by atoms with van der Waals surface area (Å²) in [4.78, 5) is 16.8. The van der Waals surface area contributed by atoms with Crippen LogP contribution >= 0.6 is 24.0 Å². The van der Waals surface area contributed by atoms with Crippen LogP contribution in [0.25, 0.3) is 0 Å². The van der Waals surface area contributed by atoms with Gasteiger partial charge in [0.2, 0.25) is 0 Å². The van der Waals surface area contributed by atoms with E-state index in [1.54, 1.807) is 25.9 Å². The zero-order valence-electron chi connectivity index (χ0n) is 16.2. The lowest BCUT2D eigenvalue weighted by atomic mass is 9.85. The molecule has 1 fully saturated rings. The molecule has 1 aliphatic heterocycles. The van der Waals surface area contributed by atoms with Gasteiger partial charge in [-0.05, 0) is 50.2 Å². The fraction of sp³-hybridized carbons (Fsp3) is 0.722. The van der Waals surface area contributed by atoms with Gasteiger partial charge >= 0.3 is 5.69 Å². The topological polar surface area (TPSA) is 74.5 Å². The van der Waals surface area contributed by atoms with E-state index in [1.165, 1.54) is 22.0 Å². The molecule has 0 bridgehead atoms. The number of nitrogen functional groups attached to an aromatic ring is 1. The van der Waals surface area contributed by atoms with Crippen LogP contribution in [0.4, 0.5) is 11.5 Å². The fourth-order valence-electron chi connectivity index (χ4n) is 3.30. The van der Waals surface area contributed by atoms with Crippen LogP contribution in [0.1, 0.15) is 39.5 Å². The normalized spacial score (nSPS) is 22.1. The van der Waals surface area contributed by atoms with Gasteiger partial charge in [0.15, 0.2) is 5.82 Å². The number of hydrogen-bond acceptors (Lipinski definition) is 6. The first-order chi connectivity index (χ1) is 12.3. The lowest BCUT2D eigenvalue weighted by molar-refractivity contribution is 0.0837. The van der Waals surface area contributed by atoms with E-state index in [9.17, 15) is 4.79 Å². The Kier molecular flexibility index (Phi) is 7.91. The second-order valence-corrected chi connectivity index (χ2v) is 8.67. The predicted octanol–water partition coefficient (Wildman–Crippen LogP) is 3.66. The number of nitrogens with zero attached hydrogens (tertiary/aromatic N) is 3. The van der Waals surface area contributed by atoms with E-state index < -0.39 is 0 Å². The summed E-state index contributed by atoms with van der Waals surface area (Å²) in [5, 5.41) is 0.900. The van der Waals surface area contributed by atoms with Crippen molar-refractivity contribution < 1.29 is 4.74 Å². The highest BCUT2D eigenvalue weighted by molar-refractivity contribution is 8.13. The molecule has 146 valence electrons. The molecule has 2 atom stereocenters. The van der Waals surface area contributed by atoms with Crippen molar-refractivity contribution >= 4 is 40.5 Å². The number of anilines is 1. The first-order valence-electron chi connectivity index (χ1n) is 9.14. The van der Waals surface area contributed by atoms with Gasteiger partial charge < -0.3 is 10.5 Å². The molecular formula is C18H30N4O2S2. The van der Waals surface area contributed by atoms with Crippen LogP contribution in [-0.2, 0) is 18.8 Å². The molecule has 0 aliphatic carbocycles. The molecule has 26 heavy (non-hydrogen) atoms. The molecule has 0 radical (unpaired) electrons. The Morgan fingerprint density at radius 1 is 1.35 bits per heavy atom. The molecule has 2 unspecified atom stereocenters. The number of aliphatic imine (C=N–C) groups is 1. The van der Waals surface area contributed by atoms with E-state index in [-0.39, 0.29) is 5.69 Å². The molecule has 6 nitrogen and oxygen atoms in total. The minimum absolute atomic E-state index is 0.216. The molecule has 2 heterocycles. The zero-order chi connectivity index (χ0) is 19.3. The van der Waals surface area contributed by atoms with E-state index in [0.717, 1.165) is 42.8 Å². The first kappa shape index (κ1) is 21.2. The second kappa shape index (κ2) is 9.71.